The standard InChI is InChI=1S/C12H18FNO3/c1-7(2)17-12-4-8(10(15)6-14)9(13)5-11(12)16-3/h4-5,7,10,15H,6,14H2,1-3H3. The average Bonchev–Trinajstić information content (AvgIpc) is 2.29. The van der Waals surface area contributed by atoms with E-state index < -0.39 is 11.9 Å². The highest BCUT2D eigenvalue weighted by atomic mass is 19.1. The first kappa shape index (κ1) is 13.7. The van der Waals surface area contributed by atoms with Gasteiger partial charge in [-0.15, -0.1) is 0 Å². The lowest BCUT2D eigenvalue weighted by molar-refractivity contribution is 0.179. The number of methoxy groups -OCH3 is 1. The number of aliphatic hydroxyl groups excluding tert-OH is 1. The highest BCUT2D eigenvalue weighted by Gasteiger charge is 2.17. The third kappa shape index (κ3) is 3.31. The van der Waals surface area contributed by atoms with Crippen LogP contribution in [0.1, 0.15) is 25.5 Å². The van der Waals surface area contributed by atoms with E-state index in [1.54, 1.807) is 0 Å². The molecule has 0 spiro atoms. The Bertz CT molecular complexity index is 382. The van der Waals surface area contributed by atoms with Gasteiger partial charge in [-0.2, -0.15) is 0 Å². The molecule has 0 aliphatic heterocycles. The van der Waals surface area contributed by atoms with Gasteiger partial charge in [-0.05, 0) is 19.9 Å². The Morgan fingerprint density at radius 1 is 1.35 bits per heavy atom. The number of hydrogen-bond donors (Lipinski definition) is 2. The molecule has 0 amide bonds. The van der Waals surface area contributed by atoms with E-state index in [0.717, 1.165) is 0 Å². The first-order valence-corrected chi connectivity index (χ1v) is 5.41. The number of aliphatic hydroxyl groups is 1. The molecule has 0 bridgehead atoms. The van der Waals surface area contributed by atoms with Crippen molar-refractivity contribution in [3.8, 4) is 11.5 Å². The maximum Gasteiger partial charge on any atom is 0.163 e. The molecule has 1 aromatic carbocycles. The molecule has 0 fully saturated rings. The van der Waals surface area contributed by atoms with E-state index in [2.05, 4.69) is 0 Å². The van der Waals surface area contributed by atoms with E-state index in [1.807, 2.05) is 13.8 Å². The van der Waals surface area contributed by atoms with Crippen molar-refractivity contribution < 1.29 is 19.0 Å². The van der Waals surface area contributed by atoms with Crippen molar-refractivity contribution >= 4 is 0 Å². The molecule has 1 unspecified atom stereocenters. The van der Waals surface area contributed by atoms with Crippen LogP contribution in [-0.2, 0) is 0 Å². The van der Waals surface area contributed by atoms with Gasteiger partial charge in [-0.3, -0.25) is 0 Å². The van der Waals surface area contributed by atoms with Crippen LogP contribution < -0.4 is 15.2 Å². The van der Waals surface area contributed by atoms with Crippen molar-refractivity contribution in [3.63, 3.8) is 0 Å². The molecule has 4 nitrogen and oxygen atoms in total. The summed E-state index contributed by atoms with van der Waals surface area (Å²) in [6.07, 6.45) is -1.12. The Labute approximate surface area is 100 Å². The molecule has 0 saturated heterocycles. The third-order valence-corrected chi connectivity index (χ3v) is 2.23. The molecule has 1 aromatic rings. The zero-order valence-electron chi connectivity index (χ0n) is 10.2. The number of benzene rings is 1. The van der Waals surface area contributed by atoms with Gasteiger partial charge in [-0.25, -0.2) is 4.39 Å². The number of ether oxygens (including phenoxy) is 2. The van der Waals surface area contributed by atoms with Crippen molar-refractivity contribution in [3.05, 3.63) is 23.5 Å². The predicted molar refractivity (Wildman–Crippen MR) is 62.7 cm³/mol. The third-order valence-electron chi connectivity index (χ3n) is 2.23. The summed E-state index contributed by atoms with van der Waals surface area (Å²) in [5, 5.41) is 9.57. The minimum absolute atomic E-state index is 0.0512. The lowest BCUT2D eigenvalue weighted by atomic mass is 10.1. The minimum Gasteiger partial charge on any atom is -0.493 e. The molecule has 0 aromatic heterocycles. The summed E-state index contributed by atoms with van der Waals surface area (Å²) in [4.78, 5) is 0. The Kier molecular flexibility index (Phi) is 4.72. The fourth-order valence-corrected chi connectivity index (χ4v) is 1.44. The monoisotopic (exact) mass is 243 g/mol. The fourth-order valence-electron chi connectivity index (χ4n) is 1.44. The van der Waals surface area contributed by atoms with Gasteiger partial charge < -0.3 is 20.3 Å². The van der Waals surface area contributed by atoms with Crippen LogP contribution in [0.2, 0.25) is 0 Å². The molecule has 0 aliphatic carbocycles. The van der Waals surface area contributed by atoms with Crippen molar-refractivity contribution in [2.75, 3.05) is 13.7 Å². The first-order valence-electron chi connectivity index (χ1n) is 5.41. The summed E-state index contributed by atoms with van der Waals surface area (Å²) in [5.74, 6) is 0.131. The van der Waals surface area contributed by atoms with Gasteiger partial charge in [0.15, 0.2) is 11.5 Å². The molecule has 1 rings (SSSR count). The van der Waals surface area contributed by atoms with Crippen LogP contribution in [0.3, 0.4) is 0 Å². The molecule has 3 N–H and O–H groups in total. The molecular weight excluding hydrogens is 225 g/mol. The van der Waals surface area contributed by atoms with Gasteiger partial charge in [-0.1, -0.05) is 0 Å². The molecule has 0 radical (unpaired) electrons. The second-order valence-corrected chi connectivity index (χ2v) is 3.94. The zero-order chi connectivity index (χ0) is 13.0. The van der Waals surface area contributed by atoms with Crippen molar-refractivity contribution in [2.45, 2.75) is 26.1 Å². The van der Waals surface area contributed by atoms with Gasteiger partial charge >= 0.3 is 0 Å². The largest absolute Gasteiger partial charge is 0.493 e. The van der Waals surface area contributed by atoms with Gasteiger partial charge in [0.1, 0.15) is 5.82 Å². The highest BCUT2D eigenvalue weighted by molar-refractivity contribution is 5.44. The van der Waals surface area contributed by atoms with E-state index in [-0.39, 0.29) is 18.2 Å². The topological polar surface area (TPSA) is 64.7 Å². The van der Waals surface area contributed by atoms with Crippen molar-refractivity contribution in [2.24, 2.45) is 5.73 Å². The van der Waals surface area contributed by atoms with Gasteiger partial charge in [0.25, 0.3) is 0 Å². The van der Waals surface area contributed by atoms with Crippen LogP contribution >= 0.6 is 0 Å². The quantitative estimate of drug-likeness (QED) is 0.824. The van der Waals surface area contributed by atoms with Crippen molar-refractivity contribution in [1.29, 1.82) is 0 Å². The second-order valence-electron chi connectivity index (χ2n) is 3.94. The molecule has 0 aliphatic rings. The Morgan fingerprint density at radius 3 is 2.47 bits per heavy atom. The normalized spacial score (nSPS) is 12.6. The minimum atomic E-state index is -1.05. The number of nitrogens with two attached hydrogens (primary N) is 1. The van der Waals surface area contributed by atoms with Gasteiger partial charge in [0, 0.05) is 18.2 Å². The highest BCUT2D eigenvalue weighted by Crippen LogP contribution is 2.33. The summed E-state index contributed by atoms with van der Waals surface area (Å²) in [7, 11) is 1.43. The SMILES string of the molecule is COc1cc(F)c(C(O)CN)cc1OC(C)C. The van der Waals surface area contributed by atoms with E-state index in [0.29, 0.717) is 11.5 Å². The summed E-state index contributed by atoms with van der Waals surface area (Å²) in [5.41, 5.74) is 5.42. The summed E-state index contributed by atoms with van der Waals surface area (Å²) >= 11 is 0. The summed E-state index contributed by atoms with van der Waals surface area (Å²) in [6.45, 7) is 3.65. The lowest BCUT2D eigenvalue weighted by Gasteiger charge is -2.17. The number of rotatable bonds is 5. The van der Waals surface area contributed by atoms with E-state index >= 15 is 0 Å². The van der Waals surface area contributed by atoms with Crippen LogP contribution in [0, 0.1) is 5.82 Å². The summed E-state index contributed by atoms with van der Waals surface area (Å²) in [6, 6.07) is 2.61. The van der Waals surface area contributed by atoms with Crippen molar-refractivity contribution in [1.82, 2.24) is 0 Å². The number of halogens is 1. The molecule has 0 saturated carbocycles. The smallest absolute Gasteiger partial charge is 0.163 e. The average molecular weight is 243 g/mol. The Balaban J connectivity index is 3.17. The molecule has 5 heteroatoms. The molecule has 1 atom stereocenters. The lowest BCUT2D eigenvalue weighted by Crippen LogP contribution is -2.14. The fraction of sp³-hybridized carbons (Fsp3) is 0.500. The van der Waals surface area contributed by atoms with Crippen LogP contribution in [-0.4, -0.2) is 24.9 Å². The van der Waals surface area contributed by atoms with Gasteiger partial charge in [0.05, 0.1) is 19.3 Å². The Morgan fingerprint density at radius 2 is 2.00 bits per heavy atom. The molecular formula is C12H18FNO3. The van der Waals surface area contributed by atoms with Gasteiger partial charge in [0.2, 0.25) is 0 Å². The predicted octanol–water partition coefficient (Wildman–Crippen LogP) is 1.61. The first-order chi connectivity index (χ1) is 7.99. The molecule has 96 valence electrons. The van der Waals surface area contributed by atoms with Crippen LogP contribution in [0.5, 0.6) is 11.5 Å². The molecule has 0 heterocycles. The maximum atomic E-state index is 13.6. The van der Waals surface area contributed by atoms with E-state index in [1.165, 1.54) is 19.2 Å². The number of hydrogen-bond acceptors (Lipinski definition) is 4. The Hall–Kier alpha value is -1.33. The maximum absolute atomic E-state index is 13.6. The summed E-state index contributed by atoms with van der Waals surface area (Å²) < 4.78 is 24.1. The molecule has 17 heavy (non-hydrogen) atoms. The van der Waals surface area contributed by atoms with E-state index in [9.17, 15) is 9.50 Å². The second kappa shape index (κ2) is 5.84. The van der Waals surface area contributed by atoms with E-state index in [4.69, 9.17) is 15.2 Å². The van der Waals surface area contributed by atoms with Crippen LogP contribution in [0.4, 0.5) is 4.39 Å². The van der Waals surface area contributed by atoms with Crippen LogP contribution in [0.25, 0.3) is 0 Å². The zero-order valence-corrected chi connectivity index (χ0v) is 10.2. The van der Waals surface area contributed by atoms with Crippen LogP contribution in [0.15, 0.2) is 12.1 Å².